The molecule has 0 bridgehead atoms. The van der Waals surface area contributed by atoms with Crippen molar-refractivity contribution in [3.8, 4) is 5.75 Å². The third-order valence-electron chi connectivity index (χ3n) is 2.36. The maximum atomic E-state index is 12.0. The molecule has 0 radical (unpaired) electrons. The van der Waals surface area contributed by atoms with Gasteiger partial charge in [-0.3, -0.25) is 0 Å². The van der Waals surface area contributed by atoms with Crippen molar-refractivity contribution in [2.45, 2.75) is 25.6 Å². The molecule has 0 fully saturated rings. The number of urea groups is 1. The summed E-state index contributed by atoms with van der Waals surface area (Å²) in [6, 6.07) is 4.93. The van der Waals surface area contributed by atoms with E-state index in [9.17, 15) is 18.0 Å². The molecule has 5 nitrogen and oxygen atoms in total. The van der Waals surface area contributed by atoms with E-state index in [1.807, 2.05) is 0 Å². The second-order valence-corrected chi connectivity index (χ2v) is 5.05. The average Bonchev–Trinajstić information content (AvgIpc) is 2.36. The molecule has 0 saturated carbocycles. The Labute approximate surface area is 120 Å². The quantitative estimate of drug-likeness (QED) is 0.783. The zero-order chi connectivity index (χ0) is 16.1. The Bertz CT molecular complexity index is 473. The van der Waals surface area contributed by atoms with Crippen LogP contribution in [0.5, 0.6) is 5.75 Å². The molecule has 0 aromatic heterocycles. The average molecular weight is 306 g/mol. The van der Waals surface area contributed by atoms with Gasteiger partial charge in [-0.1, -0.05) is 0 Å². The fourth-order valence-corrected chi connectivity index (χ4v) is 1.31. The highest BCUT2D eigenvalue weighted by Gasteiger charge is 2.28. The zero-order valence-electron chi connectivity index (χ0n) is 11.6. The number of aliphatic hydroxyl groups is 1. The summed E-state index contributed by atoms with van der Waals surface area (Å²) in [5.74, 6) is 0.0500. The van der Waals surface area contributed by atoms with Gasteiger partial charge in [-0.15, -0.1) is 0 Å². The van der Waals surface area contributed by atoms with E-state index in [1.54, 1.807) is 13.8 Å². The number of carbonyl (C=O) groups excluding carboxylic acids is 1. The largest absolute Gasteiger partial charge is 0.484 e. The first kappa shape index (κ1) is 17.1. The number of amides is 2. The van der Waals surface area contributed by atoms with E-state index in [0.29, 0.717) is 5.69 Å². The van der Waals surface area contributed by atoms with Crippen molar-refractivity contribution in [2.75, 3.05) is 18.5 Å². The third-order valence-corrected chi connectivity index (χ3v) is 2.36. The van der Waals surface area contributed by atoms with Crippen molar-refractivity contribution in [3.63, 3.8) is 0 Å². The standard InChI is InChI=1S/C13H17F3N2O3/c1-12(2,7-19)18-11(20)17-9-3-5-10(6-4-9)21-8-13(14,15)16/h3-6,19H,7-8H2,1-2H3,(H2,17,18,20). The van der Waals surface area contributed by atoms with Crippen LogP contribution in [0.4, 0.5) is 23.7 Å². The van der Waals surface area contributed by atoms with Gasteiger partial charge in [0, 0.05) is 5.69 Å². The van der Waals surface area contributed by atoms with Gasteiger partial charge in [-0.25, -0.2) is 4.79 Å². The van der Waals surface area contributed by atoms with Crippen LogP contribution < -0.4 is 15.4 Å². The Morgan fingerprint density at radius 2 is 1.81 bits per heavy atom. The number of halogens is 3. The number of ether oxygens (including phenoxy) is 1. The fourth-order valence-electron chi connectivity index (χ4n) is 1.31. The van der Waals surface area contributed by atoms with Crippen molar-refractivity contribution in [1.29, 1.82) is 0 Å². The van der Waals surface area contributed by atoms with Gasteiger partial charge in [-0.05, 0) is 38.1 Å². The second kappa shape index (κ2) is 6.66. The predicted molar refractivity (Wildman–Crippen MR) is 71.3 cm³/mol. The normalized spacial score (nSPS) is 11.9. The molecule has 0 heterocycles. The predicted octanol–water partition coefficient (Wildman–Crippen LogP) is 2.52. The van der Waals surface area contributed by atoms with Gasteiger partial charge in [0.15, 0.2) is 6.61 Å². The van der Waals surface area contributed by atoms with E-state index in [1.165, 1.54) is 24.3 Å². The molecule has 118 valence electrons. The number of aliphatic hydroxyl groups excluding tert-OH is 1. The van der Waals surface area contributed by atoms with E-state index < -0.39 is 24.4 Å². The number of hydrogen-bond donors (Lipinski definition) is 3. The van der Waals surface area contributed by atoms with E-state index in [4.69, 9.17) is 5.11 Å². The first-order chi connectivity index (χ1) is 9.61. The molecule has 0 saturated heterocycles. The highest BCUT2D eigenvalue weighted by molar-refractivity contribution is 5.89. The van der Waals surface area contributed by atoms with Gasteiger partial charge in [0.1, 0.15) is 5.75 Å². The van der Waals surface area contributed by atoms with Crippen LogP contribution in [0.2, 0.25) is 0 Å². The van der Waals surface area contributed by atoms with Crippen LogP contribution in [0.3, 0.4) is 0 Å². The van der Waals surface area contributed by atoms with Gasteiger partial charge in [0.2, 0.25) is 0 Å². The van der Waals surface area contributed by atoms with Gasteiger partial charge in [0.05, 0.1) is 12.1 Å². The number of rotatable bonds is 5. The Balaban J connectivity index is 2.53. The molecule has 0 spiro atoms. The van der Waals surface area contributed by atoms with E-state index in [0.717, 1.165) is 0 Å². The van der Waals surface area contributed by atoms with Gasteiger partial charge < -0.3 is 20.5 Å². The molecule has 1 aromatic rings. The van der Waals surface area contributed by atoms with Crippen molar-refractivity contribution in [3.05, 3.63) is 24.3 Å². The number of alkyl halides is 3. The fraction of sp³-hybridized carbons (Fsp3) is 0.462. The van der Waals surface area contributed by atoms with Crippen molar-refractivity contribution < 1.29 is 27.8 Å². The Hall–Kier alpha value is -1.96. The molecule has 3 N–H and O–H groups in total. The summed E-state index contributed by atoms with van der Waals surface area (Å²) in [5.41, 5.74) is -0.388. The van der Waals surface area contributed by atoms with Crippen molar-refractivity contribution in [2.24, 2.45) is 0 Å². The Kier molecular flexibility index (Phi) is 5.42. The Morgan fingerprint density at radius 3 is 2.29 bits per heavy atom. The molecule has 0 aliphatic heterocycles. The molecule has 0 unspecified atom stereocenters. The van der Waals surface area contributed by atoms with Crippen molar-refractivity contribution >= 4 is 11.7 Å². The monoisotopic (exact) mass is 306 g/mol. The lowest BCUT2D eigenvalue weighted by molar-refractivity contribution is -0.153. The minimum atomic E-state index is -4.40. The number of benzene rings is 1. The van der Waals surface area contributed by atoms with E-state index in [-0.39, 0.29) is 12.4 Å². The highest BCUT2D eigenvalue weighted by Crippen LogP contribution is 2.20. The minimum absolute atomic E-state index is 0.0500. The van der Waals surface area contributed by atoms with Crippen LogP contribution in [0.25, 0.3) is 0 Å². The molecular weight excluding hydrogens is 289 g/mol. The number of hydrogen-bond acceptors (Lipinski definition) is 3. The van der Waals surface area contributed by atoms with E-state index in [2.05, 4.69) is 15.4 Å². The second-order valence-electron chi connectivity index (χ2n) is 5.05. The van der Waals surface area contributed by atoms with E-state index >= 15 is 0 Å². The topological polar surface area (TPSA) is 70.6 Å². The van der Waals surface area contributed by atoms with Crippen LogP contribution in [0.15, 0.2) is 24.3 Å². The summed E-state index contributed by atoms with van der Waals surface area (Å²) in [4.78, 5) is 11.6. The summed E-state index contributed by atoms with van der Waals surface area (Å²) in [6.07, 6.45) is -4.40. The molecule has 8 heteroatoms. The van der Waals surface area contributed by atoms with Crippen LogP contribution >= 0.6 is 0 Å². The van der Waals surface area contributed by atoms with Gasteiger partial charge in [-0.2, -0.15) is 13.2 Å². The lowest BCUT2D eigenvalue weighted by Crippen LogP contribution is -2.48. The minimum Gasteiger partial charge on any atom is -0.484 e. The molecule has 1 aromatic carbocycles. The molecule has 0 aliphatic carbocycles. The Morgan fingerprint density at radius 1 is 1.24 bits per heavy atom. The van der Waals surface area contributed by atoms with Crippen LogP contribution in [0, 0.1) is 0 Å². The SMILES string of the molecule is CC(C)(CO)NC(=O)Nc1ccc(OCC(F)(F)F)cc1. The first-order valence-electron chi connectivity index (χ1n) is 6.11. The highest BCUT2D eigenvalue weighted by atomic mass is 19.4. The molecule has 0 aliphatic rings. The molecule has 0 atom stereocenters. The summed E-state index contributed by atoms with van der Waals surface area (Å²) >= 11 is 0. The maximum absolute atomic E-state index is 12.0. The number of carbonyl (C=O) groups is 1. The van der Waals surface area contributed by atoms with Crippen LogP contribution in [-0.2, 0) is 0 Å². The molecule has 2 amide bonds. The van der Waals surface area contributed by atoms with Gasteiger partial charge >= 0.3 is 12.2 Å². The van der Waals surface area contributed by atoms with Crippen LogP contribution in [-0.4, -0.2) is 36.1 Å². The van der Waals surface area contributed by atoms with Gasteiger partial charge in [0.25, 0.3) is 0 Å². The number of anilines is 1. The maximum Gasteiger partial charge on any atom is 0.422 e. The lowest BCUT2D eigenvalue weighted by atomic mass is 10.1. The zero-order valence-corrected chi connectivity index (χ0v) is 11.6. The van der Waals surface area contributed by atoms with Crippen LogP contribution in [0.1, 0.15) is 13.8 Å². The molecule has 1 rings (SSSR count). The third kappa shape index (κ3) is 6.84. The van der Waals surface area contributed by atoms with Crippen molar-refractivity contribution in [1.82, 2.24) is 5.32 Å². The lowest BCUT2D eigenvalue weighted by Gasteiger charge is -2.23. The summed E-state index contributed by atoms with van der Waals surface area (Å²) in [6.45, 7) is 1.68. The molecular formula is C13H17F3N2O3. The number of nitrogens with one attached hydrogen (secondary N) is 2. The summed E-state index contributed by atoms with van der Waals surface area (Å²) in [7, 11) is 0. The summed E-state index contributed by atoms with van der Waals surface area (Å²) in [5, 5.41) is 14.0. The first-order valence-corrected chi connectivity index (χ1v) is 6.11. The molecule has 21 heavy (non-hydrogen) atoms. The smallest absolute Gasteiger partial charge is 0.422 e. The summed E-state index contributed by atoms with van der Waals surface area (Å²) < 4.78 is 40.5.